The summed E-state index contributed by atoms with van der Waals surface area (Å²) < 4.78 is 6.87. The zero-order valence-corrected chi connectivity index (χ0v) is 10.4. The smallest absolute Gasteiger partial charge is 0.330 e. The molecule has 18 heavy (non-hydrogen) atoms. The summed E-state index contributed by atoms with van der Waals surface area (Å²) in [5.74, 6) is 0.126. The van der Waals surface area contributed by atoms with Crippen LogP contribution in [-0.2, 0) is 4.74 Å². The maximum Gasteiger partial charge on any atom is 0.330 e. The fourth-order valence-corrected chi connectivity index (χ4v) is 2.00. The van der Waals surface area contributed by atoms with Crippen LogP contribution in [0.4, 0.5) is 0 Å². The van der Waals surface area contributed by atoms with Gasteiger partial charge in [0.2, 0.25) is 0 Å². The third-order valence-corrected chi connectivity index (χ3v) is 2.78. The monoisotopic (exact) mass is 258 g/mol. The largest absolute Gasteiger partial charge is 0.400 e. The quantitative estimate of drug-likeness (QED) is 0.635. The molecule has 2 heterocycles. The van der Waals surface area contributed by atoms with Crippen molar-refractivity contribution < 1.29 is 14.9 Å². The number of nitrogens with zero attached hydrogens (tertiary/aromatic N) is 1. The lowest BCUT2D eigenvalue weighted by molar-refractivity contribution is -0.0336. The van der Waals surface area contributed by atoms with Crippen LogP contribution in [0.15, 0.2) is 21.9 Å². The van der Waals surface area contributed by atoms with Crippen molar-refractivity contribution in [2.24, 2.45) is 5.92 Å². The van der Waals surface area contributed by atoms with Crippen molar-refractivity contribution in [3.63, 3.8) is 0 Å². The molecule has 102 valence electrons. The summed E-state index contributed by atoms with van der Waals surface area (Å²) in [6, 6.07) is 1.28. The molecule has 0 spiro atoms. The molecule has 0 saturated carbocycles. The Kier molecular flexibility index (Phi) is 5.26. The molecule has 1 aromatic rings. The Labute approximate surface area is 104 Å². The van der Waals surface area contributed by atoms with Gasteiger partial charge in [0, 0.05) is 25.3 Å². The van der Waals surface area contributed by atoms with Gasteiger partial charge in [-0.3, -0.25) is 14.3 Å². The molecule has 3 N–H and O–H groups in total. The summed E-state index contributed by atoms with van der Waals surface area (Å²) in [7, 11) is 1.00. The minimum atomic E-state index is -0.483. The zero-order valence-electron chi connectivity index (χ0n) is 10.4. The van der Waals surface area contributed by atoms with Crippen LogP contribution in [0.5, 0.6) is 0 Å². The van der Waals surface area contributed by atoms with Crippen LogP contribution < -0.4 is 11.2 Å². The van der Waals surface area contributed by atoms with Crippen LogP contribution in [0.25, 0.3) is 0 Å². The van der Waals surface area contributed by atoms with Crippen LogP contribution in [0, 0.1) is 5.92 Å². The van der Waals surface area contributed by atoms with Crippen molar-refractivity contribution in [3.8, 4) is 0 Å². The molecule has 1 aromatic heterocycles. The van der Waals surface area contributed by atoms with Crippen molar-refractivity contribution in [2.45, 2.75) is 25.7 Å². The first-order valence-corrected chi connectivity index (χ1v) is 5.64. The number of rotatable bonds is 2. The molecule has 7 nitrogen and oxygen atoms in total. The fraction of sp³-hybridized carbons (Fsp3) is 0.636. The number of aromatic nitrogens is 2. The van der Waals surface area contributed by atoms with E-state index in [0.29, 0.717) is 6.42 Å². The highest BCUT2D eigenvalue weighted by Gasteiger charge is 2.33. The van der Waals surface area contributed by atoms with Crippen LogP contribution in [0.1, 0.15) is 19.6 Å². The Balaban J connectivity index is 0.000000771. The number of aliphatic hydroxyl groups excluding tert-OH is 2. The van der Waals surface area contributed by atoms with Gasteiger partial charge in [-0.1, -0.05) is 6.92 Å². The van der Waals surface area contributed by atoms with E-state index in [1.807, 2.05) is 6.92 Å². The van der Waals surface area contributed by atoms with Crippen molar-refractivity contribution in [3.05, 3.63) is 33.1 Å². The predicted molar refractivity (Wildman–Crippen MR) is 64.2 cm³/mol. The molecule has 1 aliphatic rings. The fourth-order valence-electron chi connectivity index (χ4n) is 2.00. The number of ether oxygens (including phenoxy) is 1. The number of aromatic amines is 1. The Morgan fingerprint density at radius 3 is 2.67 bits per heavy atom. The number of nitrogens with one attached hydrogen (secondary N) is 1. The van der Waals surface area contributed by atoms with Gasteiger partial charge in [-0.2, -0.15) is 0 Å². The predicted octanol–water partition coefficient (Wildman–Crippen LogP) is -0.939. The van der Waals surface area contributed by atoms with Gasteiger partial charge in [0.05, 0.1) is 12.7 Å². The maximum absolute atomic E-state index is 11.5. The summed E-state index contributed by atoms with van der Waals surface area (Å²) in [6.45, 7) is 1.89. The van der Waals surface area contributed by atoms with E-state index in [2.05, 4.69) is 4.98 Å². The number of H-pyrrole nitrogens is 1. The average Bonchev–Trinajstić information content (AvgIpc) is 2.73. The molecule has 0 amide bonds. The molecule has 2 rings (SSSR count). The minimum absolute atomic E-state index is 0.0566. The molecule has 1 fully saturated rings. The molecular weight excluding hydrogens is 240 g/mol. The highest BCUT2D eigenvalue weighted by atomic mass is 16.5. The van der Waals surface area contributed by atoms with Gasteiger partial charge in [-0.15, -0.1) is 0 Å². The maximum atomic E-state index is 11.5. The van der Waals surface area contributed by atoms with Crippen molar-refractivity contribution in [1.82, 2.24) is 9.55 Å². The van der Waals surface area contributed by atoms with Crippen LogP contribution >= 0.6 is 0 Å². The Morgan fingerprint density at radius 1 is 1.50 bits per heavy atom. The second kappa shape index (κ2) is 6.48. The van der Waals surface area contributed by atoms with E-state index in [1.54, 1.807) is 0 Å². The van der Waals surface area contributed by atoms with E-state index in [4.69, 9.17) is 14.9 Å². The molecule has 1 aliphatic heterocycles. The second-order valence-electron chi connectivity index (χ2n) is 4.06. The van der Waals surface area contributed by atoms with Crippen molar-refractivity contribution >= 4 is 0 Å². The van der Waals surface area contributed by atoms with E-state index < -0.39 is 17.5 Å². The number of hydrogen-bond donors (Lipinski definition) is 3. The van der Waals surface area contributed by atoms with Gasteiger partial charge in [-0.05, 0) is 6.42 Å². The standard InChI is InChI=1S/C10H14N2O4.CH4O/c1-6-4-7(5-13)16-9(6)12-3-2-8(14)11-10(12)15;1-2/h2-3,6-7,9,13H,4-5H2,1H3,(H,11,14,15);2H,1H3. The Morgan fingerprint density at radius 2 is 2.17 bits per heavy atom. The second-order valence-corrected chi connectivity index (χ2v) is 4.06. The van der Waals surface area contributed by atoms with Crippen LogP contribution in [-0.4, -0.2) is 39.6 Å². The summed E-state index contributed by atoms with van der Waals surface area (Å²) in [5.41, 5.74) is -0.909. The molecule has 0 radical (unpaired) electrons. The highest BCUT2D eigenvalue weighted by Crippen LogP contribution is 2.32. The first-order valence-electron chi connectivity index (χ1n) is 5.64. The van der Waals surface area contributed by atoms with Gasteiger partial charge in [-0.25, -0.2) is 4.79 Å². The van der Waals surface area contributed by atoms with E-state index in [1.165, 1.54) is 16.8 Å². The SMILES string of the molecule is CC1CC(CO)OC1n1ccc(=O)[nH]c1=O.CO. The topological polar surface area (TPSA) is 105 Å². The van der Waals surface area contributed by atoms with Crippen LogP contribution in [0.2, 0.25) is 0 Å². The van der Waals surface area contributed by atoms with Gasteiger partial charge >= 0.3 is 5.69 Å². The van der Waals surface area contributed by atoms with Gasteiger partial charge in [0.25, 0.3) is 5.56 Å². The van der Waals surface area contributed by atoms with Gasteiger partial charge in [0.1, 0.15) is 6.23 Å². The first-order chi connectivity index (χ1) is 8.61. The highest BCUT2D eigenvalue weighted by molar-refractivity contribution is 4.87. The van der Waals surface area contributed by atoms with Gasteiger partial charge in [0.15, 0.2) is 0 Å². The van der Waals surface area contributed by atoms with Crippen LogP contribution in [0.3, 0.4) is 0 Å². The third kappa shape index (κ3) is 3.06. The minimum Gasteiger partial charge on any atom is -0.400 e. The lowest BCUT2D eigenvalue weighted by Gasteiger charge is -2.17. The molecule has 3 unspecified atom stereocenters. The molecule has 0 aliphatic carbocycles. The third-order valence-electron chi connectivity index (χ3n) is 2.78. The zero-order chi connectivity index (χ0) is 13.7. The number of hydrogen-bond acceptors (Lipinski definition) is 5. The molecule has 3 atom stereocenters. The summed E-state index contributed by atoms with van der Waals surface area (Å²) in [6.07, 6.45) is 1.47. The molecule has 0 bridgehead atoms. The molecule has 7 heteroatoms. The van der Waals surface area contributed by atoms with Crippen molar-refractivity contribution in [2.75, 3.05) is 13.7 Å². The molecular formula is C11H18N2O5. The van der Waals surface area contributed by atoms with E-state index in [9.17, 15) is 9.59 Å². The normalized spacial score (nSPS) is 26.6. The average molecular weight is 258 g/mol. The van der Waals surface area contributed by atoms with Crippen molar-refractivity contribution in [1.29, 1.82) is 0 Å². The summed E-state index contributed by atoms with van der Waals surface area (Å²) in [4.78, 5) is 24.6. The molecule has 1 saturated heterocycles. The van der Waals surface area contributed by atoms with E-state index in [-0.39, 0.29) is 18.6 Å². The Hall–Kier alpha value is -1.44. The first kappa shape index (κ1) is 14.6. The van der Waals surface area contributed by atoms with Gasteiger partial charge < -0.3 is 14.9 Å². The lowest BCUT2D eigenvalue weighted by Crippen LogP contribution is -2.33. The lowest BCUT2D eigenvalue weighted by atomic mass is 10.1. The Bertz CT molecular complexity index is 481. The summed E-state index contributed by atoms with van der Waals surface area (Å²) in [5, 5.41) is 16.0. The van der Waals surface area contributed by atoms with E-state index in [0.717, 1.165) is 7.11 Å². The summed E-state index contributed by atoms with van der Waals surface area (Å²) >= 11 is 0. The number of aliphatic hydroxyl groups is 2. The van der Waals surface area contributed by atoms with E-state index >= 15 is 0 Å². The molecule has 0 aromatic carbocycles.